The van der Waals surface area contributed by atoms with Crippen molar-refractivity contribution < 1.29 is 9.47 Å². The van der Waals surface area contributed by atoms with Gasteiger partial charge >= 0.3 is 0 Å². The summed E-state index contributed by atoms with van der Waals surface area (Å²) in [4.78, 5) is 8.71. The second-order valence-electron chi connectivity index (χ2n) is 6.84. The summed E-state index contributed by atoms with van der Waals surface area (Å²) in [7, 11) is 1.75. The van der Waals surface area contributed by atoms with Crippen LogP contribution < -0.4 is 20.1 Å². The molecule has 0 radical (unpaired) electrons. The standard InChI is InChI=1S/C23H30N6O2.HI/c1-3-17-30-20-10-4-5-11-21(20)31-22-19(9-6-12-25-22)18-27-23(24-2)26-13-7-15-29-16-8-14-28-29;/h4-6,8-12,14,16H,3,7,13,15,17-18H2,1-2H3,(H2,24,26,27);1H. The predicted octanol–water partition coefficient (Wildman–Crippen LogP) is 4.23. The van der Waals surface area contributed by atoms with Crippen molar-refractivity contribution in [3.63, 3.8) is 0 Å². The summed E-state index contributed by atoms with van der Waals surface area (Å²) in [6.07, 6.45) is 7.34. The zero-order valence-electron chi connectivity index (χ0n) is 18.5. The molecule has 0 amide bonds. The molecule has 0 fully saturated rings. The number of nitrogens with one attached hydrogen (secondary N) is 2. The van der Waals surface area contributed by atoms with Gasteiger partial charge in [-0.1, -0.05) is 25.1 Å². The van der Waals surface area contributed by atoms with Crippen LogP contribution >= 0.6 is 24.0 Å². The highest BCUT2D eigenvalue weighted by molar-refractivity contribution is 14.0. The zero-order valence-corrected chi connectivity index (χ0v) is 20.9. The summed E-state index contributed by atoms with van der Waals surface area (Å²) in [5.74, 6) is 2.62. The maximum absolute atomic E-state index is 6.10. The number of ether oxygens (including phenoxy) is 2. The van der Waals surface area contributed by atoms with E-state index in [-0.39, 0.29) is 24.0 Å². The first-order chi connectivity index (χ1) is 15.3. The van der Waals surface area contributed by atoms with Gasteiger partial charge < -0.3 is 20.1 Å². The van der Waals surface area contributed by atoms with E-state index < -0.39 is 0 Å². The van der Waals surface area contributed by atoms with Crippen molar-refractivity contribution in [3.8, 4) is 17.4 Å². The van der Waals surface area contributed by atoms with E-state index in [0.29, 0.717) is 30.5 Å². The first-order valence-corrected chi connectivity index (χ1v) is 10.6. The minimum Gasteiger partial charge on any atom is -0.490 e. The molecule has 2 N–H and O–H groups in total. The molecule has 2 aromatic heterocycles. The second kappa shape index (κ2) is 14.3. The molecular formula is C23H31IN6O2. The van der Waals surface area contributed by atoms with Gasteiger partial charge in [0.1, 0.15) is 0 Å². The second-order valence-corrected chi connectivity index (χ2v) is 6.84. The van der Waals surface area contributed by atoms with Gasteiger partial charge in [0, 0.05) is 50.8 Å². The molecule has 0 aliphatic carbocycles. The summed E-state index contributed by atoms with van der Waals surface area (Å²) in [6.45, 7) is 4.89. The van der Waals surface area contributed by atoms with Crippen molar-refractivity contribution in [2.24, 2.45) is 4.99 Å². The molecule has 0 unspecified atom stereocenters. The van der Waals surface area contributed by atoms with Gasteiger partial charge in [-0.3, -0.25) is 9.67 Å². The van der Waals surface area contributed by atoms with Crippen LogP contribution in [0.4, 0.5) is 0 Å². The largest absolute Gasteiger partial charge is 0.490 e. The Labute approximate surface area is 206 Å². The number of para-hydroxylation sites is 2. The van der Waals surface area contributed by atoms with Gasteiger partial charge in [0.05, 0.1) is 6.61 Å². The smallest absolute Gasteiger partial charge is 0.224 e. The lowest BCUT2D eigenvalue weighted by molar-refractivity contribution is 0.300. The van der Waals surface area contributed by atoms with E-state index in [9.17, 15) is 0 Å². The van der Waals surface area contributed by atoms with Crippen LogP contribution in [0.1, 0.15) is 25.3 Å². The minimum absolute atomic E-state index is 0. The molecule has 9 heteroatoms. The number of aromatic nitrogens is 3. The Balaban J connectivity index is 0.00000363. The van der Waals surface area contributed by atoms with Crippen molar-refractivity contribution in [1.29, 1.82) is 0 Å². The lowest BCUT2D eigenvalue weighted by Crippen LogP contribution is -2.37. The van der Waals surface area contributed by atoms with Crippen molar-refractivity contribution in [2.45, 2.75) is 32.9 Å². The molecule has 0 bridgehead atoms. The third-order valence-electron chi connectivity index (χ3n) is 4.45. The highest BCUT2D eigenvalue weighted by Crippen LogP contribution is 2.31. The summed E-state index contributed by atoms with van der Waals surface area (Å²) in [6, 6.07) is 13.4. The van der Waals surface area contributed by atoms with Crippen LogP contribution in [-0.4, -0.2) is 40.9 Å². The maximum atomic E-state index is 6.10. The lowest BCUT2D eigenvalue weighted by Gasteiger charge is -2.15. The molecule has 172 valence electrons. The fraction of sp³-hybridized carbons (Fsp3) is 0.348. The van der Waals surface area contributed by atoms with Gasteiger partial charge in [-0.25, -0.2) is 4.98 Å². The number of aliphatic imine (C=N–C) groups is 1. The fourth-order valence-electron chi connectivity index (χ4n) is 2.90. The lowest BCUT2D eigenvalue weighted by atomic mass is 10.2. The average Bonchev–Trinajstić information content (AvgIpc) is 3.32. The Morgan fingerprint density at radius 1 is 1.06 bits per heavy atom. The summed E-state index contributed by atoms with van der Waals surface area (Å²) in [5, 5.41) is 10.8. The number of rotatable bonds is 11. The van der Waals surface area contributed by atoms with Gasteiger partial charge in [0.2, 0.25) is 5.88 Å². The van der Waals surface area contributed by atoms with Crippen LogP contribution in [0, 0.1) is 0 Å². The van der Waals surface area contributed by atoms with Crippen LogP contribution in [0.25, 0.3) is 0 Å². The fourth-order valence-corrected chi connectivity index (χ4v) is 2.90. The molecule has 32 heavy (non-hydrogen) atoms. The van der Waals surface area contributed by atoms with Gasteiger partial charge in [0.25, 0.3) is 0 Å². The zero-order chi connectivity index (χ0) is 21.7. The topological polar surface area (TPSA) is 85.6 Å². The Hall–Kier alpha value is -2.82. The molecule has 0 aliphatic heterocycles. The molecule has 0 saturated carbocycles. The molecule has 3 rings (SSSR count). The Morgan fingerprint density at radius 2 is 1.91 bits per heavy atom. The van der Waals surface area contributed by atoms with Crippen molar-refractivity contribution in [1.82, 2.24) is 25.4 Å². The summed E-state index contributed by atoms with van der Waals surface area (Å²) in [5.41, 5.74) is 0.923. The molecule has 0 saturated heterocycles. The van der Waals surface area contributed by atoms with Crippen molar-refractivity contribution in [2.75, 3.05) is 20.2 Å². The molecule has 0 atom stereocenters. The van der Waals surface area contributed by atoms with Crippen molar-refractivity contribution in [3.05, 3.63) is 66.6 Å². The molecule has 3 aromatic rings. The van der Waals surface area contributed by atoms with E-state index in [1.807, 2.05) is 53.3 Å². The number of guanidine groups is 1. The number of hydrogen-bond acceptors (Lipinski definition) is 5. The summed E-state index contributed by atoms with van der Waals surface area (Å²) >= 11 is 0. The number of nitrogens with zero attached hydrogens (tertiary/aromatic N) is 4. The van der Waals surface area contributed by atoms with Crippen LogP contribution in [0.2, 0.25) is 0 Å². The predicted molar refractivity (Wildman–Crippen MR) is 137 cm³/mol. The molecule has 8 nitrogen and oxygen atoms in total. The quantitative estimate of drug-likeness (QED) is 0.161. The highest BCUT2D eigenvalue weighted by atomic mass is 127. The van der Waals surface area contributed by atoms with Gasteiger partial charge in [0.15, 0.2) is 17.5 Å². The molecular weight excluding hydrogens is 519 g/mol. The van der Waals surface area contributed by atoms with Crippen LogP contribution in [0.3, 0.4) is 0 Å². The number of benzene rings is 1. The molecule has 1 aromatic carbocycles. The Bertz CT molecular complexity index is 949. The number of pyridine rings is 1. The van der Waals surface area contributed by atoms with Crippen LogP contribution in [0.5, 0.6) is 17.4 Å². The summed E-state index contributed by atoms with van der Waals surface area (Å²) < 4.78 is 13.8. The van der Waals surface area contributed by atoms with Crippen molar-refractivity contribution >= 4 is 29.9 Å². The first-order valence-electron chi connectivity index (χ1n) is 10.6. The molecule has 2 heterocycles. The van der Waals surface area contributed by atoms with E-state index in [4.69, 9.17) is 9.47 Å². The van der Waals surface area contributed by atoms with Gasteiger partial charge in [-0.15, -0.1) is 24.0 Å². The maximum Gasteiger partial charge on any atom is 0.224 e. The molecule has 0 spiro atoms. The number of halogens is 1. The minimum atomic E-state index is 0. The third kappa shape index (κ3) is 8.03. The van der Waals surface area contributed by atoms with Gasteiger partial charge in [-0.2, -0.15) is 5.10 Å². The SMILES string of the molecule is CCCOc1ccccc1Oc1ncccc1CNC(=NC)NCCCn1cccn1.I. The van der Waals surface area contributed by atoms with E-state index in [2.05, 4.69) is 32.6 Å². The Morgan fingerprint density at radius 3 is 2.66 bits per heavy atom. The highest BCUT2D eigenvalue weighted by Gasteiger charge is 2.11. The number of aryl methyl sites for hydroxylation is 1. The first kappa shape index (κ1) is 25.4. The van der Waals surface area contributed by atoms with E-state index in [1.54, 1.807) is 19.4 Å². The van der Waals surface area contributed by atoms with E-state index in [0.717, 1.165) is 37.5 Å². The third-order valence-corrected chi connectivity index (χ3v) is 4.45. The molecule has 0 aliphatic rings. The van der Waals surface area contributed by atoms with Gasteiger partial charge in [-0.05, 0) is 37.1 Å². The number of hydrogen-bond donors (Lipinski definition) is 2. The van der Waals surface area contributed by atoms with E-state index >= 15 is 0 Å². The van der Waals surface area contributed by atoms with Crippen LogP contribution in [0.15, 0.2) is 66.0 Å². The Kier molecular flexibility index (Phi) is 11.4. The normalized spacial score (nSPS) is 10.9. The van der Waals surface area contributed by atoms with Crippen LogP contribution in [-0.2, 0) is 13.1 Å². The van der Waals surface area contributed by atoms with E-state index in [1.165, 1.54) is 0 Å². The monoisotopic (exact) mass is 550 g/mol. The average molecular weight is 550 g/mol.